The normalized spacial score (nSPS) is 12.9. The predicted molar refractivity (Wildman–Crippen MR) is 85.8 cm³/mol. The van der Waals surface area contributed by atoms with Gasteiger partial charge in [0.1, 0.15) is 6.61 Å². The van der Waals surface area contributed by atoms with Gasteiger partial charge in [0.15, 0.2) is 0 Å². The first kappa shape index (κ1) is 16.5. The number of ether oxygens (including phenoxy) is 1. The van der Waals surface area contributed by atoms with Gasteiger partial charge in [0, 0.05) is 0 Å². The first-order chi connectivity index (χ1) is 11.0. The van der Waals surface area contributed by atoms with Crippen molar-refractivity contribution in [2.75, 3.05) is 0 Å². The molecule has 120 valence electrons. The van der Waals surface area contributed by atoms with Crippen LogP contribution in [0.15, 0.2) is 60.7 Å². The smallest absolute Gasteiger partial charge is 0.408 e. The molecule has 2 aromatic carbocycles. The van der Waals surface area contributed by atoms with Crippen molar-refractivity contribution < 1.29 is 19.4 Å². The highest BCUT2D eigenvalue weighted by atomic mass is 16.5. The summed E-state index contributed by atoms with van der Waals surface area (Å²) in [5.74, 6) is -1.00. The van der Waals surface area contributed by atoms with Gasteiger partial charge in [-0.15, -0.1) is 0 Å². The van der Waals surface area contributed by atoms with E-state index in [0.717, 1.165) is 5.56 Å². The fourth-order valence-electron chi connectivity index (χ4n) is 2.31. The third kappa shape index (κ3) is 4.85. The molecule has 0 aliphatic rings. The van der Waals surface area contributed by atoms with Crippen LogP contribution in [-0.4, -0.2) is 17.2 Å². The number of carbonyl (C=O) groups is 2. The largest absolute Gasteiger partial charge is 0.481 e. The van der Waals surface area contributed by atoms with Crippen LogP contribution in [0.3, 0.4) is 0 Å². The van der Waals surface area contributed by atoms with E-state index in [2.05, 4.69) is 5.32 Å². The average Bonchev–Trinajstić information content (AvgIpc) is 2.54. The SMILES string of the molecule is CC(CC(=O)O)(NC(=O)OCc1ccccc1)c1ccccc1. The molecule has 0 spiro atoms. The van der Waals surface area contributed by atoms with E-state index < -0.39 is 17.6 Å². The number of rotatable bonds is 6. The maximum absolute atomic E-state index is 12.1. The van der Waals surface area contributed by atoms with E-state index in [4.69, 9.17) is 9.84 Å². The Bertz CT molecular complexity index is 657. The zero-order valence-electron chi connectivity index (χ0n) is 12.9. The van der Waals surface area contributed by atoms with Crippen molar-refractivity contribution in [3.63, 3.8) is 0 Å². The number of carboxylic acid groups (broad SMARTS) is 1. The molecule has 2 rings (SSSR count). The Kier molecular flexibility index (Phi) is 5.36. The highest BCUT2D eigenvalue weighted by molar-refractivity contribution is 5.73. The van der Waals surface area contributed by atoms with E-state index in [1.165, 1.54) is 0 Å². The number of amides is 1. The van der Waals surface area contributed by atoms with Gasteiger partial charge in [-0.3, -0.25) is 4.79 Å². The Hall–Kier alpha value is -2.82. The highest BCUT2D eigenvalue weighted by Gasteiger charge is 2.32. The molecule has 0 aromatic heterocycles. The fourth-order valence-corrected chi connectivity index (χ4v) is 2.31. The van der Waals surface area contributed by atoms with Crippen LogP contribution >= 0.6 is 0 Å². The van der Waals surface area contributed by atoms with Gasteiger partial charge in [0.05, 0.1) is 12.0 Å². The maximum atomic E-state index is 12.1. The Morgan fingerprint density at radius 3 is 2.17 bits per heavy atom. The van der Waals surface area contributed by atoms with Crippen LogP contribution < -0.4 is 5.32 Å². The molecule has 2 aromatic rings. The van der Waals surface area contributed by atoms with Crippen molar-refractivity contribution in [1.29, 1.82) is 0 Å². The molecule has 5 nitrogen and oxygen atoms in total. The quantitative estimate of drug-likeness (QED) is 0.858. The van der Waals surface area contributed by atoms with Crippen molar-refractivity contribution in [3.8, 4) is 0 Å². The molecule has 1 unspecified atom stereocenters. The van der Waals surface area contributed by atoms with Crippen molar-refractivity contribution in [3.05, 3.63) is 71.8 Å². The molecule has 1 amide bonds. The number of hydrogen-bond acceptors (Lipinski definition) is 3. The van der Waals surface area contributed by atoms with Gasteiger partial charge < -0.3 is 15.2 Å². The number of alkyl carbamates (subject to hydrolysis) is 1. The van der Waals surface area contributed by atoms with E-state index >= 15 is 0 Å². The molecule has 2 N–H and O–H groups in total. The van der Waals surface area contributed by atoms with Gasteiger partial charge in [0.2, 0.25) is 0 Å². The van der Waals surface area contributed by atoms with Crippen LogP contribution in [0, 0.1) is 0 Å². The molecular formula is C18H19NO4. The monoisotopic (exact) mass is 313 g/mol. The third-order valence-electron chi connectivity index (χ3n) is 3.51. The summed E-state index contributed by atoms with van der Waals surface area (Å²) < 4.78 is 5.18. The van der Waals surface area contributed by atoms with Crippen molar-refractivity contribution in [1.82, 2.24) is 5.32 Å². The molecule has 5 heteroatoms. The van der Waals surface area contributed by atoms with Crippen molar-refractivity contribution in [2.24, 2.45) is 0 Å². The minimum atomic E-state index is -1.04. The van der Waals surface area contributed by atoms with Crippen LogP contribution in [0.25, 0.3) is 0 Å². The van der Waals surface area contributed by atoms with E-state index in [1.54, 1.807) is 31.2 Å². The van der Waals surface area contributed by atoms with Gasteiger partial charge in [-0.05, 0) is 18.1 Å². The summed E-state index contributed by atoms with van der Waals surface area (Å²) in [6, 6.07) is 18.3. The summed E-state index contributed by atoms with van der Waals surface area (Å²) in [5.41, 5.74) is 0.530. The molecule has 0 bridgehead atoms. The lowest BCUT2D eigenvalue weighted by molar-refractivity contribution is -0.138. The zero-order valence-corrected chi connectivity index (χ0v) is 12.9. The summed E-state index contributed by atoms with van der Waals surface area (Å²) in [5, 5.41) is 11.8. The topological polar surface area (TPSA) is 75.6 Å². The third-order valence-corrected chi connectivity index (χ3v) is 3.51. The molecule has 0 radical (unpaired) electrons. The van der Waals surface area contributed by atoms with Crippen LogP contribution in [0.4, 0.5) is 4.79 Å². The number of carbonyl (C=O) groups excluding carboxylic acids is 1. The maximum Gasteiger partial charge on any atom is 0.408 e. The number of benzene rings is 2. The molecule has 0 aliphatic carbocycles. The van der Waals surface area contributed by atoms with E-state index in [0.29, 0.717) is 5.56 Å². The van der Waals surface area contributed by atoms with E-state index in [1.807, 2.05) is 36.4 Å². The Morgan fingerprint density at radius 2 is 1.61 bits per heavy atom. The molecule has 0 saturated heterocycles. The summed E-state index contributed by atoms with van der Waals surface area (Å²) in [6.45, 7) is 1.80. The number of nitrogens with one attached hydrogen (secondary N) is 1. The van der Waals surface area contributed by atoms with E-state index in [9.17, 15) is 9.59 Å². The van der Waals surface area contributed by atoms with Gasteiger partial charge in [-0.1, -0.05) is 60.7 Å². The van der Waals surface area contributed by atoms with Crippen molar-refractivity contribution in [2.45, 2.75) is 25.5 Å². The van der Waals surface area contributed by atoms with Crippen LogP contribution in [-0.2, 0) is 21.7 Å². The summed E-state index contributed by atoms with van der Waals surface area (Å²) in [6.07, 6.45) is -0.890. The first-order valence-corrected chi connectivity index (χ1v) is 7.26. The molecule has 0 saturated carbocycles. The standard InChI is InChI=1S/C18H19NO4/c1-18(12-16(20)21,15-10-6-3-7-11-15)19-17(22)23-13-14-8-4-2-5-9-14/h2-11H,12-13H2,1H3,(H,19,22)(H,20,21). The van der Waals surface area contributed by atoms with Crippen LogP contribution in [0.1, 0.15) is 24.5 Å². The lowest BCUT2D eigenvalue weighted by Crippen LogP contribution is -2.45. The molecule has 1 atom stereocenters. The molecule has 0 fully saturated rings. The molecule has 0 heterocycles. The van der Waals surface area contributed by atoms with Crippen LogP contribution in [0.5, 0.6) is 0 Å². The number of aliphatic carboxylic acids is 1. The zero-order chi connectivity index (χ0) is 16.7. The molecule has 23 heavy (non-hydrogen) atoms. The molecular weight excluding hydrogens is 294 g/mol. The summed E-state index contributed by atoms with van der Waals surface area (Å²) >= 11 is 0. The number of carboxylic acids is 1. The minimum Gasteiger partial charge on any atom is -0.481 e. The van der Waals surface area contributed by atoms with E-state index in [-0.39, 0.29) is 13.0 Å². The van der Waals surface area contributed by atoms with Gasteiger partial charge in [0.25, 0.3) is 0 Å². The first-order valence-electron chi connectivity index (χ1n) is 7.26. The summed E-state index contributed by atoms with van der Waals surface area (Å²) in [7, 11) is 0. The lowest BCUT2D eigenvalue weighted by atomic mass is 9.89. The van der Waals surface area contributed by atoms with Gasteiger partial charge in [-0.25, -0.2) is 4.79 Å². The fraction of sp³-hybridized carbons (Fsp3) is 0.222. The molecule has 0 aliphatic heterocycles. The Balaban J connectivity index is 2.05. The summed E-state index contributed by atoms with van der Waals surface area (Å²) in [4.78, 5) is 23.2. The Labute approximate surface area is 134 Å². The second-order valence-electron chi connectivity index (χ2n) is 5.46. The second kappa shape index (κ2) is 7.45. The lowest BCUT2D eigenvalue weighted by Gasteiger charge is -2.29. The minimum absolute atomic E-state index is 0.130. The van der Waals surface area contributed by atoms with Gasteiger partial charge in [-0.2, -0.15) is 0 Å². The predicted octanol–water partition coefficient (Wildman–Crippen LogP) is 3.30. The van der Waals surface area contributed by atoms with Gasteiger partial charge >= 0.3 is 12.1 Å². The Morgan fingerprint density at radius 1 is 1.04 bits per heavy atom. The van der Waals surface area contributed by atoms with Crippen molar-refractivity contribution >= 4 is 12.1 Å². The second-order valence-corrected chi connectivity index (χ2v) is 5.46. The highest BCUT2D eigenvalue weighted by Crippen LogP contribution is 2.24. The van der Waals surface area contributed by atoms with Crippen LogP contribution in [0.2, 0.25) is 0 Å². The average molecular weight is 313 g/mol. The number of hydrogen-bond donors (Lipinski definition) is 2.